The summed E-state index contributed by atoms with van der Waals surface area (Å²) in [6.07, 6.45) is 0. The van der Waals surface area contributed by atoms with Crippen LogP contribution in [0, 0.1) is 0 Å². The first-order valence-corrected chi connectivity index (χ1v) is 23.1. The van der Waals surface area contributed by atoms with E-state index < -0.39 is 5.41 Å². The fraction of sp³-hybridized carbons (Fsp3) is 0.0154. The molecule has 0 radical (unpaired) electrons. The van der Waals surface area contributed by atoms with E-state index in [1.807, 2.05) is 0 Å². The van der Waals surface area contributed by atoms with Crippen molar-refractivity contribution in [3.8, 4) is 101 Å². The summed E-state index contributed by atoms with van der Waals surface area (Å²) in [5, 5.41) is 0. The lowest BCUT2D eigenvalue weighted by Gasteiger charge is -2.30. The molecule has 2 aliphatic rings. The van der Waals surface area contributed by atoms with Crippen LogP contribution < -0.4 is 0 Å². The van der Waals surface area contributed by atoms with E-state index in [2.05, 4.69) is 255 Å². The minimum absolute atomic E-state index is 0.475. The summed E-state index contributed by atoms with van der Waals surface area (Å²) < 4.78 is 0. The molecule has 0 saturated heterocycles. The topological polar surface area (TPSA) is 25.8 Å². The Morgan fingerprint density at radius 2 is 0.567 bits per heavy atom. The molecule has 312 valence electrons. The first kappa shape index (κ1) is 38.7. The fourth-order valence-electron chi connectivity index (χ4n) is 10.9. The lowest BCUT2D eigenvalue weighted by Crippen LogP contribution is -2.25. The molecule has 1 heterocycles. The summed E-state index contributed by atoms with van der Waals surface area (Å²) in [4.78, 5) is 11.3. The predicted octanol–water partition coefficient (Wildman–Crippen LogP) is 16.5. The highest BCUT2D eigenvalue weighted by atomic mass is 14.9. The lowest BCUT2D eigenvalue weighted by molar-refractivity contribution is 0.794. The molecule has 2 aliphatic carbocycles. The number of benzene rings is 10. The number of nitrogens with zero attached hydrogens (tertiary/aromatic N) is 2. The Hall–Kier alpha value is -8.72. The van der Waals surface area contributed by atoms with Gasteiger partial charge in [-0.1, -0.05) is 212 Å². The van der Waals surface area contributed by atoms with Crippen LogP contribution >= 0.6 is 0 Å². The van der Waals surface area contributed by atoms with Crippen molar-refractivity contribution in [2.75, 3.05) is 0 Å². The minimum atomic E-state index is -0.475. The molecule has 10 aromatic carbocycles. The molecule has 13 rings (SSSR count). The summed E-state index contributed by atoms with van der Waals surface area (Å²) in [6, 6.07) is 92.3. The minimum Gasteiger partial charge on any atom is -0.228 e. The Morgan fingerprint density at radius 1 is 0.224 bits per heavy atom. The van der Waals surface area contributed by atoms with Crippen molar-refractivity contribution in [2.24, 2.45) is 0 Å². The van der Waals surface area contributed by atoms with Gasteiger partial charge in [0, 0.05) is 16.7 Å². The summed E-state index contributed by atoms with van der Waals surface area (Å²) >= 11 is 0. The van der Waals surface area contributed by atoms with Crippen LogP contribution in [0.25, 0.3) is 101 Å². The van der Waals surface area contributed by atoms with E-state index in [1.54, 1.807) is 0 Å². The van der Waals surface area contributed by atoms with E-state index in [-0.39, 0.29) is 0 Å². The molecule has 0 aliphatic heterocycles. The van der Waals surface area contributed by atoms with Gasteiger partial charge in [0.25, 0.3) is 0 Å². The third-order valence-corrected chi connectivity index (χ3v) is 13.9. The largest absolute Gasteiger partial charge is 0.228 e. The van der Waals surface area contributed by atoms with Gasteiger partial charge in [-0.2, -0.15) is 0 Å². The number of hydrogen-bond donors (Lipinski definition) is 0. The van der Waals surface area contributed by atoms with Gasteiger partial charge in [-0.15, -0.1) is 0 Å². The van der Waals surface area contributed by atoms with Gasteiger partial charge in [0.15, 0.2) is 5.82 Å². The molecule has 2 nitrogen and oxygen atoms in total. The highest BCUT2D eigenvalue weighted by Crippen LogP contribution is 2.64. The Kier molecular flexibility index (Phi) is 9.11. The second-order valence-corrected chi connectivity index (χ2v) is 17.6. The Bertz CT molecular complexity index is 3360. The highest BCUT2D eigenvalue weighted by molar-refractivity contribution is 6.00. The van der Waals surface area contributed by atoms with Crippen LogP contribution in [0.4, 0.5) is 0 Å². The maximum absolute atomic E-state index is 5.67. The van der Waals surface area contributed by atoms with Crippen LogP contribution in [-0.4, -0.2) is 9.97 Å². The van der Waals surface area contributed by atoms with Crippen LogP contribution in [0.3, 0.4) is 0 Å². The zero-order chi connectivity index (χ0) is 44.3. The Labute approximate surface area is 391 Å². The zero-order valence-electron chi connectivity index (χ0n) is 36.6. The third kappa shape index (κ3) is 6.33. The van der Waals surface area contributed by atoms with Crippen LogP contribution in [0.2, 0.25) is 0 Å². The van der Waals surface area contributed by atoms with E-state index >= 15 is 0 Å². The first-order valence-electron chi connectivity index (χ1n) is 23.1. The lowest BCUT2D eigenvalue weighted by atomic mass is 9.70. The molecule has 0 bridgehead atoms. The smallest absolute Gasteiger partial charge is 0.160 e. The average molecular weight is 851 g/mol. The summed E-state index contributed by atoms with van der Waals surface area (Å²) in [5.74, 6) is 0.670. The van der Waals surface area contributed by atoms with Crippen molar-refractivity contribution in [3.63, 3.8) is 0 Å². The van der Waals surface area contributed by atoms with Gasteiger partial charge in [0.2, 0.25) is 0 Å². The van der Waals surface area contributed by atoms with Gasteiger partial charge >= 0.3 is 0 Å². The van der Waals surface area contributed by atoms with Crippen molar-refractivity contribution in [1.82, 2.24) is 9.97 Å². The molecule has 67 heavy (non-hydrogen) atoms. The maximum Gasteiger partial charge on any atom is 0.160 e. The van der Waals surface area contributed by atoms with Gasteiger partial charge in [-0.25, -0.2) is 9.97 Å². The molecule has 0 N–H and O–H groups in total. The maximum atomic E-state index is 5.67. The van der Waals surface area contributed by atoms with Crippen molar-refractivity contribution >= 4 is 0 Å². The number of hydrogen-bond acceptors (Lipinski definition) is 2. The van der Waals surface area contributed by atoms with Gasteiger partial charge in [0.1, 0.15) is 0 Å². The average Bonchev–Trinajstić information content (AvgIpc) is 3.89. The fourth-order valence-corrected chi connectivity index (χ4v) is 10.9. The quantitative estimate of drug-likeness (QED) is 0.160. The monoisotopic (exact) mass is 850 g/mol. The summed E-state index contributed by atoms with van der Waals surface area (Å²) in [6.45, 7) is 0. The van der Waals surface area contributed by atoms with Crippen molar-refractivity contribution in [3.05, 3.63) is 277 Å². The number of rotatable bonds is 7. The predicted molar refractivity (Wildman–Crippen MR) is 276 cm³/mol. The number of fused-ring (bicyclic) bond motifs is 10. The SMILES string of the molecule is c1ccc(-c2cc(-c3ccccc3)cc(-c3cc(-c4cccc5c4-c4ccccc4C54c5ccccc5-c5ccccc54)nc(-c4cc(-c5ccccc5)cc(-c5ccccc5)c4)n3)c2)cc1. The normalized spacial score (nSPS) is 12.6. The van der Waals surface area contributed by atoms with Crippen LogP contribution in [-0.2, 0) is 5.41 Å². The van der Waals surface area contributed by atoms with E-state index in [4.69, 9.17) is 9.97 Å². The molecule has 2 heteroatoms. The van der Waals surface area contributed by atoms with Crippen molar-refractivity contribution in [1.29, 1.82) is 0 Å². The number of aromatic nitrogens is 2. The molecule has 1 aromatic heterocycles. The third-order valence-electron chi connectivity index (χ3n) is 13.9. The molecule has 0 atom stereocenters. The molecule has 0 unspecified atom stereocenters. The second kappa shape index (κ2) is 15.8. The van der Waals surface area contributed by atoms with E-state index in [9.17, 15) is 0 Å². The van der Waals surface area contributed by atoms with E-state index in [0.29, 0.717) is 5.82 Å². The van der Waals surface area contributed by atoms with Gasteiger partial charge in [0.05, 0.1) is 16.8 Å². The standard InChI is InChI=1S/C65H42N2/c1-5-20-43(21-6-1)47-36-48(44-22-7-2-8-23-44)39-51(38-47)61-42-62(67-64(66-61)52-40-49(45-24-9-3-10-25-45)37-50(41-52)46-26-11-4-12-27-46)56-31-19-35-60-63(56)55-30-15-18-34-59(55)65(60)57-32-16-13-28-53(57)54-29-14-17-33-58(54)65/h1-42H. The van der Waals surface area contributed by atoms with Crippen LogP contribution in [0.15, 0.2) is 255 Å². The van der Waals surface area contributed by atoms with Gasteiger partial charge < -0.3 is 0 Å². The summed E-state index contributed by atoms with van der Waals surface area (Å²) in [7, 11) is 0. The molecular weight excluding hydrogens is 809 g/mol. The molecule has 0 saturated carbocycles. The van der Waals surface area contributed by atoms with Crippen LogP contribution in [0.5, 0.6) is 0 Å². The molecular formula is C65H42N2. The van der Waals surface area contributed by atoms with Gasteiger partial charge in [-0.05, 0) is 131 Å². The first-order chi connectivity index (χ1) is 33.2. The summed E-state index contributed by atoms with van der Waals surface area (Å²) in [5.41, 5.74) is 23.6. The van der Waals surface area contributed by atoms with Crippen molar-refractivity contribution in [2.45, 2.75) is 5.41 Å². The second-order valence-electron chi connectivity index (χ2n) is 17.6. The zero-order valence-corrected chi connectivity index (χ0v) is 36.6. The van der Waals surface area contributed by atoms with Gasteiger partial charge in [-0.3, -0.25) is 0 Å². The van der Waals surface area contributed by atoms with E-state index in [0.717, 1.165) is 72.6 Å². The molecule has 0 amide bonds. The van der Waals surface area contributed by atoms with Crippen molar-refractivity contribution < 1.29 is 0 Å². The van der Waals surface area contributed by atoms with E-state index in [1.165, 1.54) is 44.5 Å². The highest BCUT2D eigenvalue weighted by Gasteiger charge is 2.52. The molecule has 11 aromatic rings. The Balaban J connectivity index is 1.10. The van der Waals surface area contributed by atoms with Crippen LogP contribution in [0.1, 0.15) is 22.3 Å². The Morgan fingerprint density at radius 3 is 1.04 bits per heavy atom. The molecule has 1 spiro atoms. The molecule has 0 fully saturated rings.